The Kier molecular flexibility index (Phi) is 6.39. The topological polar surface area (TPSA) is 0 Å². The van der Waals surface area contributed by atoms with Gasteiger partial charge in [0.15, 0.2) is 0 Å². The Morgan fingerprint density at radius 2 is 1.50 bits per heavy atom. The van der Waals surface area contributed by atoms with Crippen LogP contribution in [-0.4, -0.2) is 0 Å². The van der Waals surface area contributed by atoms with Crippen molar-refractivity contribution in [1.29, 1.82) is 0 Å². The van der Waals surface area contributed by atoms with Crippen molar-refractivity contribution in [2.75, 3.05) is 0 Å². The molecule has 0 aromatic carbocycles. The van der Waals surface area contributed by atoms with Crippen molar-refractivity contribution in [3.63, 3.8) is 0 Å². The predicted octanol–water partition coefficient (Wildman–Crippen LogP) is 4.14. The van der Waals surface area contributed by atoms with Crippen LogP contribution in [0.25, 0.3) is 0 Å². The van der Waals surface area contributed by atoms with Crippen molar-refractivity contribution in [2.24, 2.45) is 0 Å². The van der Waals surface area contributed by atoms with Gasteiger partial charge in [-0.3, -0.25) is 0 Å². The van der Waals surface area contributed by atoms with E-state index in [0.29, 0.717) is 0 Å². The molecule has 0 aromatic rings. The van der Waals surface area contributed by atoms with Crippen LogP contribution in [0.3, 0.4) is 0 Å². The van der Waals surface area contributed by atoms with Gasteiger partial charge in [-0.05, 0) is 31.8 Å². The first-order chi connectivity index (χ1) is 7.00. The molecule has 0 spiro atoms. The summed E-state index contributed by atoms with van der Waals surface area (Å²) in [7, 11) is 0. The van der Waals surface area contributed by atoms with Crippen LogP contribution in [0.4, 0.5) is 0 Å². The fourth-order valence-electron chi connectivity index (χ4n) is 1.18. The van der Waals surface area contributed by atoms with Gasteiger partial charge >= 0.3 is 0 Å². The Bertz CT molecular complexity index is 262. The van der Waals surface area contributed by atoms with Crippen molar-refractivity contribution >= 4 is 0 Å². The Morgan fingerprint density at radius 3 is 2.50 bits per heavy atom. The van der Waals surface area contributed by atoms with Gasteiger partial charge in [-0.25, -0.2) is 0 Å². The van der Waals surface area contributed by atoms with Crippen LogP contribution in [0.5, 0.6) is 0 Å². The Labute approximate surface area is 87.0 Å². The summed E-state index contributed by atoms with van der Waals surface area (Å²) in [5.74, 6) is 0. The molecule has 0 heteroatoms. The molecule has 1 aliphatic rings. The zero-order valence-corrected chi connectivity index (χ0v) is 8.52. The lowest BCUT2D eigenvalue weighted by Crippen LogP contribution is -1.69. The van der Waals surface area contributed by atoms with Gasteiger partial charge < -0.3 is 0 Å². The third kappa shape index (κ3) is 6.24. The Morgan fingerprint density at radius 1 is 0.714 bits per heavy atom. The number of hydrogen-bond donors (Lipinski definition) is 0. The minimum absolute atomic E-state index is 0.921. The zero-order chi connectivity index (χ0) is 9.90. The van der Waals surface area contributed by atoms with Crippen LogP contribution in [0.15, 0.2) is 54.7 Å². The maximum absolute atomic E-state index is 3.19. The van der Waals surface area contributed by atoms with Gasteiger partial charge in [0.05, 0.1) is 0 Å². The molecule has 14 heavy (non-hydrogen) atoms. The van der Waals surface area contributed by atoms with Crippen molar-refractivity contribution in [3.8, 4) is 0 Å². The quantitative estimate of drug-likeness (QED) is 0.497. The molecule has 0 N–H and O–H groups in total. The van der Waals surface area contributed by atoms with E-state index in [9.17, 15) is 0 Å². The zero-order valence-electron chi connectivity index (χ0n) is 8.52. The summed E-state index contributed by atoms with van der Waals surface area (Å²) in [4.78, 5) is 0. The van der Waals surface area contributed by atoms with Crippen LogP contribution in [0, 0.1) is 6.08 Å². The molecule has 0 bridgehead atoms. The van der Waals surface area contributed by atoms with Gasteiger partial charge in [0.25, 0.3) is 0 Å². The first kappa shape index (κ1) is 10.8. The molecule has 0 saturated heterocycles. The fraction of sp³-hybridized carbons (Fsp3) is 0.286. The second-order valence-electron chi connectivity index (χ2n) is 3.18. The molecule has 0 aliphatic heterocycles. The summed E-state index contributed by atoms with van der Waals surface area (Å²) in [6.07, 6.45) is 26.5. The van der Waals surface area contributed by atoms with E-state index in [-0.39, 0.29) is 0 Å². The Hall–Kier alpha value is -1.30. The fourth-order valence-corrected chi connectivity index (χ4v) is 1.18. The summed E-state index contributed by atoms with van der Waals surface area (Å²) in [5, 5.41) is 0. The summed E-state index contributed by atoms with van der Waals surface area (Å²) in [6.45, 7) is 0. The normalized spacial score (nSPS) is 18.3. The third-order valence-electron chi connectivity index (χ3n) is 1.94. The molecule has 0 nitrogen and oxygen atoms in total. The lowest BCUT2D eigenvalue weighted by molar-refractivity contribution is 0.866. The average Bonchev–Trinajstić information content (AvgIpc) is 2.22. The molecular weight excluding hydrogens is 168 g/mol. The van der Waals surface area contributed by atoms with E-state index in [0.717, 1.165) is 12.8 Å². The average molecular weight is 185 g/mol. The predicted molar refractivity (Wildman–Crippen MR) is 62.8 cm³/mol. The van der Waals surface area contributed by atoms with Gasteiger partial charge in [-0.1, -0.05) is 54.7 Å². The molecule has 73 valence electrons. The van der Waals surface area contributed by atoms with E-state index in [2.05, 4.69) is 36.5 Å². The molecule has 0 amide bonds. The monoisotopic (exact) mass is 185 g/mol. The minimum atomic E-state index is 0.921. The SMILES string of the molecule is [C]1=CC=CC=CC=CCCCC=CC1. The molecule has 0 aromatic heterocycles. The highest BCUT2D eigenvalue weighted by atomic mass is 13.9. The molecule has 0 heterocycles. The summed E-state index contributed by atoms with van der Waals surface area (Å²) in [6, 6.07) is 0. The summed E-state index contributed by atoms with van der Waals surface area (Å²) >= 11 is 0. The van der Waals surface area contributed by atoms with E-state index in [4.69, 9.17) is 0 Å². The largest absolute Gasteiger partial charge is 0.0882 e. The summed E-state index contributed by atoms with van der Waals surface area (Å²) in [5.41, 5.74) is 0. The molecule has 1 radical (unpaired) electrons. The second-order valence-corrected chi connectivity index (χ2v) is 3.18. The van der Waals surface area contributed by atoms with Gasteiger partial charge in [0.1, 0.15) is 0 Å². The van der Waals surface area contributed by atoms with E-state index in [1.165, 1.54) is 12.8 Å². The maximum atomic E-state index is 3.19. The number of allylic oxidation sites excluding steroid dienone is 10. The van der Waals surface area contributed by atoms with E-state index in [1.54, 1.807) is 0 Å². The van der Waals surface area contributed by atoms with E-state index in [1.807, 2.05) is 24.3 Å². The molecule has 1 aliphatic carbocycles. The van der Waals surface area contributed by atoms with Gasteiger partial charge in [-0.2, -0.15) is 0 Å². The van der Waals surface area contributed by atoms with Crippen molar-refractivity contribution in [2.45, 2.75) is 25.7 Å². The van der Waals surface area contributed by atoms with Gasteiger partial charge in [0, 0.05) is 0 Å². The highest BCUT2D eigenvalue weighted by Crippen LogP contribution is 1.99. The van der Waals surface area contributed by atoms with Crippen molar-refractivity contribution < 1.29 is 0 Å². The maximum Gasteiger partial charge on any atom is -0.00946 e. The van der Waals surface area contributed by atoms with Crippen LogP contribution < -0.4 is 0 Å². The number of hydrogen-bond acceptors (Lipinski definition) is 0. The van der Waals surface area contributed by atoms with E-state index < -0.39 is 0 Å². The first-order valence-electron chi connectivity index (χ1n) is 5.20. The van der Waals surface area contributed by atoms with Crippen LogP contribution in [-0.2, 0) is 0 Å². The molecule has 1 rings (SSSR count). The lowest BCUT2D eigenvalue weighted by Gasteiger charge is -1.89. The second kappa shape index (κ2) is 8.31. The Balaban J connectivity index is 2.46. The summed E-state index contributed by atoms with van der Waals surface area (Å²) < 4.78 is 0. The van der Waals surface area contributed by atoms with Crippen LogP contribution >= 0.6 is 0 Å². The molecule has 0 saturated carbocycles. The van der Waals surface area contributed by atoms with Crippen molar-refractivity contribution in [3.05, 3.63) is 60.8 Å². The van der Waals surface area contributed by atoms with Gasteiger partial charge in [0.2, 0.25) is 0 Å². The van der Waals surface area contributed by atoms with Crippen LogP contribution in [0.1, 0.15) is 25.7 Å². The van der Waals surface area contributed by atoms with Crippen LogP contribution in [0.2, 0.25) is 0 Å². The van der Waals surface area contributed by atoms with Gasteiger partial charge in [-0.15, -0.1) is 0 Å². The standard InChI is InChI=1S/C14H17/c1-2-4-6-8-10-12-14-13-11-9-7-5-3-1/h1-7,13-14H,8,10-12H2. The van der Waals surface area contributed by atoms with E-state index >= 15 is 0 Å². The van der Waals surface area contributed by atoms with Crippen molar-refractivity contribution in [1.82, 2.24) is 0 Å². The minimum Gasteiger partial charge on any atom is -0.0882 e. The molecule has 0 atom stereocenters. The highest BCUT2D eigenvalue weighted by Gasteiger charge is 1.80. The smallest absolute Gasteiger partial charge is 0.00946 e. The molecule has 0 fully saturated rings. The first-order valence-corrected chi connectivity index (χ1v) is 5.20. The third-order valence-corrected chi connectivity index (χ3v) is 1.94. The lowest BCUT2D eigenvalue weighted by atomic mass is 10.2. The molecular formula is C14H17. The number of rotatable bonds is 0. The highest BCUT2D eigenvalue weighted by molar-refractivity contribution is 5.14. The molecule has 0 unspecified atom stereocenters.